The van der Waals surface area contributed by atoms with Crippen molar-refractivity contribution < 1.29 is 17.9 Å². The molecule has 0 atom stereocenters. The van der Waals surface area contributed by atoms with Gasteiger partial charge in [-0.3, -0.25) is 4.79 Å². The molecule has 9 heteroatoms. The Morgan fingerprint density at radius 1 is 1.39 bits per heavy atom. The van der Waals surface area contributed by atoms with Gasteiger partial charge in [0.25, 0.3) is 5.91 Å². The fourth-order valence-corrected chi connectivity index (χ4v) is 4.18. The van der Waals surface area contributed by atoms with Gasteiger partial charge in [0.1, 0.15) is 4.90 Å². The maximum absolute atomic E-state index is 12.6. The summed E-state index contributed by atoms with van der Waals surface area (Å²) in [6.45, 7) is 0. The van der Waals surface area contributed by atoms with Crippen molar-refractivity contribution in [3.63, 3.8) is 0 Å². The Bertz CT molecular complexity index is 715. The molecule has 0 saturated heterocycles. The minimum Gasteiger partial charge on any atom is -0.494 e. The third-order valence-corrected chi connectivity index (χ3v) is 5.39. The standard InChI is InChI=1S/C14H20ClN3O4S/c1-18(2)14(19)11-4-8(15)5-12(13(11)22-3)23(20,21)17-10-6-9(16)7-10/h4-5,9-10,17H,6-7,16H2,1-3H3. The Labute approximate surface area is 140 Å². The van der Waals surface area contributed by atoms with Crippen LogP contribution in [0.25, 0.3) is 0 Å². The van der Waals surface area contributed by atoms with Crippen molar-refractivity contribution in [1.29, 1.82) is 0 Å². The molecule has 2 rings (SSSR count). The first-order chi connectivity index (χ1) is 10.7. The molecule has 23 heavy (non-hydrogen) atoms. The predicted molar refractivity (Wildman–Crippen MR) is 87.3 cm³/mol. The molecule has 1 aliphatic rings. The van der Waals surface area contributed by atoms with Crippen LogP contribution in [-0.4, -0.2) is 52.5 Å². The number of hydrogen-bond acceptors (Lipinski definition) is 5. The number of nitrogens with zero attached hydrogens (tertiary/aromatic N) is 1. The van der Waals surface area contributed by atoms with Crippen LogP contribution < -0.4 is 15.2 Å². The van der Waals surface area contributed by atoms with Gasteiger partial charge in [0.15, 0.2) is 5.75 Å². The molecule has 1 aromatic carbocycles. The third kappa shape index (κ3) is 3.77. The van der Waals surface area contributed by atoms with E-state index in [2.05, 4.69) is 4.72 Å². The molecule has 0 unspecified atom stereocenters. The molecule has 1 amide bonds. The maximum atomic E-state index is 12.6. The number of hydrogen-bond donors (Lipinski definition) is 2. The number of ether oxygens (including phenoxy) is 1. The molecule has 0 aliphatic heterocycles. The van der Waals surface area contributed by atoms with Crippen LogP contribution in [-0.2, 0) is 10.0 Å². The fraction of sp³-hybridized carbons (Fsp3) is 0.500. The van der Waals surface area contributed by atoms with Gasteiger partial charge in [-0.05, 0) is 25.0 Å². The summed E-state index contributed by atoms with van der Waals surface area (Å²) in [5, 5.41) is 0.140. The summed E-state index contributed by atoms with van der Waals surface area (Å²) >= 11 is 6.00. The molecule has 1 aliphatic carbocycles. The molecular formula is C14H20ClN3O4S. The second-order valence-electron chi connectivity index (χ2n) is 5.73. The quantitative estimate of drug-likeness (QED) is 0.808. The van der Waals surface area contributed by atoms with E-state index in [1.807, 2.05) is 0 Å². The van der Waals surface area contributed by atoms with Crippen molar-refractivity contribution in [3.8, 4) is 5.75 Å². The first kappa shape index (κ1) is 18.0. The summed E-state index contributed by atoms with van der Waals surface area (Å²) < 4.78 is 33.0. The lowest BCUT2D eigenvalue weighted by Gasteiger charge is -2.32. The summed E-state index contributed by atoms with van der Waals surface area (Å²) in [4.78, 5) is 13.4. The van der Waals surface area contributed by atoms with Crippen molar-refractivity contribution in [2.45, 2.75) is 29.8 Å². The Hall–Kier alpha value is -1.35. The van der Waals surface area contributed by atoms with E-state index in [4.69, 9.17) is 22.1 Å². The van der Waals surface area contributed by atoms with Crippen LogP contribution in [0.4, 0.5) is 0 Å². The van der Waals surface area contributed by atoms with Gasteiger partial charge >= 0.3 is 0 Å². The van der Waals surface area contributed by atoms with E-state index in [1.54, 1.807) is 14.1 Å². The Balaban J connectivity index is 2.47. The first-order valence-electron chi connectivity index (χ1n) is 7.02. The number of methoxy groups -OCH3 is 1. The molecule has 1 saturated carbocycles. The second kappa shape index (κ2) is 6.64. The van der Waals surface area contributed by atoms with Gasteiger partial charge < -0.3 is 15.4 Å². The van der Waals surface area contributed by atoms with E-state index in [0.717, 1.165) is 0 Å². The van der Waals surface area contributed by atoms with E-state index in [-0.39, 0.29) is 33.3 Å². The van der Waals surface area contributed by atoms with Crippen LogP contribution in [0.3, 0.4) is 0 Å². The Morgan fingerprint density at radius 3 is 2.48 bits per heavy atom. The van der Waals surface area contributed by atoms with E-state index in [9.17, 15) is 13.2 Å². The van der Waals surface area contributed by atoms with E-state index in [0.29, 0.717) is 12.8 Å². The molecule has 0 spiro atoms. The number of amides is 1. The minimum atomic E-state index is -3.88. The lowest BCUT2D eigenvalue weighted by atomic mass is 9.89. The molecule has 1 fully saturated rings. The Morgan fingerprint density at radius 2 is 2.00 bits per heavy atom. The molecule has 128 valence electrons. The Kier molecular flexibility index (Phi) is 5.20. The van der Waals surface area contributed by atoms with E-state index in [1.165, 1.54) is 24.1 Å². The van der Waals surface area contributed by atoms with Crippen LogP contribution >= 0.6 is 11.6 Å². The van der Waals surface area contributed by atoms with Gasteiger partial charge in [0.2, 0.25) is 10.0 Å². The molecule has 0 aromatic heterocycles. The largest absolute Gasteiger partial charge is 0.494 e. The average Bonchev–Trinajstić information content (AvgIpc) is 2.43. The highest BCUT2D eigenvalue weighted by atomic mass is 35.5. The number of nitrogens with one attached hydrogen (secondary N) is 1. The van der Waals surface area contributed by atoms with Crippen molar-refractivity contribution in [3.05, 3.63) is 22.7 Å². The van der Waals surface area contributed by atoms with Crippen LogP contribution in [0.1, 0.15) is 23.2 Å². The van der Waals surface area contributed by atoms with Gasteiger partial charge in [-0.2, -0.15) is 0 Å². The predicted octanol–water partition coefficient (Wildman–Crippen LogP) is 0.818. The minimum absolute atomic E-state index is 0.00911. The SMILES string of the molecule is COc1c(C(=O)N(C)C)cc(Cl)cc1S(=O)(=O)NC1CC(N)C1. The molecule has 1 aromatic rings. The lowest BCUT2D eigenvalue weighted by molar-refractivity contribution is 0.0824. The zero-order valence-corrected chi connectivity index (χ0v) is 14.7. The van der Waals surface area contributed by atoms with Gasteiger partial charge in [-0.15, -0.1) is 0 Å². The summed E-state index contributed by atoms with van der Waals surface area (Å²) in [6, 6.07) is 2.45. The van der Waals surface area contributed by atoms with Crippen LogP contribution in [0.2, 0.25) is 5.02 Å². The molecule has 0 heterocycles. The van der Waals surface area contributed by atoms with Gasteiger partial charge in [-0.1, -0.05) is 11.6 Å². The van der Waals surface area contributed by atoms with Crippen molar-refractivity contribution in [2.75, 3.05) is 21.2 Å². The number of benzene rings is 1. The molecule has 0 bridgehead atoms. The maximum Gasteiger partial charge on any atom is 0.257 e. The van der Waals surface area contributed by atoms with E-state index >= 15 is 0 Å². The number of nitrogens with two attached hydrogens (primary N) is 1. The summed E-state index contributed by atoms with van der Waals surface area (Å²) in [6.07, 6.45) is 1.15. The average molecular weight is 362 g/mol. The fourth-order valence-electron chi connectivity index (χ4n) is 2.42. The summed E-state index contributed by atoms with van der Waals surface area (Å²) in [7, 11) is 0.558. The van der Waals surface area contributed by atoms with Crippen LogP contribution in [0.15, 0.2) is 17.0 Å². The number of sulfonamides is 1. The number of carbonyl (C=O) groups is 1. The van der Waals surface area contributed by atoms with Gasteiger partial charge in [0, 0.05) is 31.2 Å². The van der Waals surface area contributed by atoms with E-state index < -0.39 is 15.9 Å². The topological polar surface area (TPSA) is 102 Å². The second-order valence-corrected chi connectivity index (χ2v) is 7.85. The van der Waals surface area contributed by atoms with Crippen molar-refractivity contribution in [2.24, 2.45) is 5.73 Å². The summed E-state index contributed by atoms with van der Waals surface area (Å²) in [5.41, 5.74) is 5.77. The van der Waals surface area contributed by atoms with Gasteiger partial charge in [-0.25, -0.2) is 13.1 Å². The normalized spacial score (nSPS) is 20.7. The highest BCUT2D eigenvalue weighted by Gasteiger charge is 2.33. The smallest absolute Gasteiger partial charge is 0.257 e. The molecular weight excluding hydrogens is 342 g/mol. The zero-order valence-electron chi connectivity index (χ0n) is 13.2. The summed E-state index contributed by atoms with van der Waals surface area (Å²) in [5.74, 6) is -0.421. The number of halogens is 1. The third-order valence-electron chi connectivity index (χ3n) is 3.65. The monoisotopic (exact) mass is 361 g/mol. The molecule has 0 radical (unpaired) electrons. The first-order valence-corrected chi connectivity index (χ1v) is 8.89. The van der Waals surface area contributed by atoms with Crippen molar-refractivity contribution >= 4 is 27.5 Å². The highest BCUT2D eigenvalue weighted by molar-refractivity contribution is 7.89. The number of rotatable bonds is 5. The van der Waals surface area contributed by atoms with Crippen LogP contribution in [0.5, 0.6) is 5.75 Å². The lowest BCUT2D eigenvalue weighted by Crippen LogP contribution is -2.50. The molecule has 7 nitrogen and oxygen atoms in total. The molecule has 3 N–H and O–H groups in total. The number of carbonyl (C=O) groups excluding carboxylic acids is 1. The van der Waals surface area contributed by atoms with Gasteiger partial charge in [0.05, 0.1) is 12.7 Å². The van der Waals surface area contributed by atoms with Crippen molar-refractivity contribution in [1.82, 2.24) is 9.62 Å². The zero-order chi connectivity index (χ0) is 17.4. The van der Waals surface area contributed by atoms with Crippen LogP contribution in [0, 0.1) is 0 Å². The highest BCUT2D eigenvalue weighted by Crippen LogP contribution is 2.33.